The van der Waals surface area contributed by atoms with Crippen LogP contribution in [0.25, 0.3) is 0 Å². The first kappa shape index (κ1) is 14.5. The van der Waals surface area contributed by atoms with Crippen LogP contribution in [0.15, 0.2) is 12.5 Å². The number of rotatable bonds is 5. The monoisotopic (exact) mass is 264 g/mol. The largest absolute Gasteiger partial charge is 0.333 e. The Balaban J connectivity index is 1.88. The van der Waals surface area contributed by atoms with Gasteiger partial charge in [-0.15, -0.1) is 0 Å². The summed E-state index contributed by atoms with van der Waals surface area (Å²) in [6.07, 6.45) is 7.78. The number of imidazole rings is 1. The standard InChI is InChI=1S/C15H28N4/c1-12(2)15(16)14-10-17-11-19(14)9-6-13-4-7-18(3)8-5-13/h10-13,15H,4-9,16H2,1-3H3. The summed E-state index contributed by atoms with van der Waals surface area (Å²) in [6, 6.07) is 0.0972. The predicted octanol–water partition coefficient (Wildman–Crippen LogP) is 2.27. The van der Waals surface area contributed by atoms with Crippen molar-refractivity contribution in [2.75, 3.05) is 20.1 Å². The third-order valence-corrected chi connectivity index (χ3v) is 4.42. The van der Waals surface area contributed by atoms with Gasteiger partial charge < -0.3 is 15.2 Å². The zero-order valence-corrected chi connectivity index (χ0v) is 12.5. The lowest BCUT2D eigenvalue weighted by Crippen LogP contribution is -2.30. The second kappa shape index (κ2) is 6.53. The van der Waals surface area contributed by atoms with Crippen LogP contribution in [-0.4, -0.2) is 34.6 Å². The first-order chi connectivity index (χ1) is 9.08. The molecule has 2 rings (SSSR count). The van der Waals surface area contributed by atoms with Gasteiger partial charge >= 0.3 is 0 Å². The van der Waals surface area contributed by atoms with E-state index >= 15 is 0 Å². The number of likely N-dealkylation sites (tertiary alicyclic amines) is 1. The van der Waals surface area contributed by atoms with E-state index in [0.29, 0.717) is 5.92 Å². The van der Waals surface area contributed by atoms with E-state index in [1.807, 2.05) is 12.5 Å². The third kappa shape index (κ3) is 3.80. The molecule has 0 aliphatic carbocycles. The minimum atomic E-state index is 0.0972. The highest BCUT2D eigenvalue weighted by Gasteiger charge is 2.18. The number of nitrogens with zero attached hydrogens (tertiary/aromatic N) is 3. The molecule has 1 aromatic heterocycles. The van der Waals surface area contributed by atoms with E-state index < -0.39 is 0 Å². The van der Waals surface area contributed by atoms with Crippen molar-refractivity contribution in [3.8, 4) is 0 Å². The fourth-order valence-electron chi connectivity index (χ4n) is 2.81. The maximum Gasteiger partial charge on any atom is 0.0948 e. The zero-order chi connectivity index (χ0) is 13.8. The molecule has 1 saturated heterocycles. The molecule has 0 saturated carbocycles. The maximum atomic E-state index is 6.24. The van der Waals surface area contributed by atoms with Gasteiger partial charge in [-0.3, -0.25) is 0 Å². The Hall–Kier alpha value is -0.870. The average Bonchev–Trinajstić information content (AvgIpc) is 2.85. The summed E-state index contributed by atoms with van der Waals surface area (Å²) in [4.78, 5) is 6.70. The van der Waals surface area contributed by atoms with Crippen LogP contribution in [0, 0.1) is 11.8 Å². The molecule has 19 heavy (non-hydrogen) atoms. The van der Waals surface area contributed by atoms with E-state index in [4.69, 9.17) is 5.73 Å². The van der Waals surface area contributed by atoms with Crippen molar-refractivity contribution in [3.63, 3.8) is 0 Å². The normalized spacial score (nSPS) is 20.1. The third-order valence-electron chi connectivity index (χ3n) is 4.42. The molecule has 0 aromatic carbocycles. The number of aromatic nitrogens is 2. The molecule has 108 valence electrons. The molecule has 1 unspecified atom stereocenters. The summed E-state index contributed by atoms with van der Waals surface area (Å²) in [5, 5.41) is 0. The van der Waals surface area contributed by atoms with Gasteiger partial charge in [-0.25, -0.2) is 4.98 Å². The average molecular weight is 264 g/mol. The molecule has 0 spiro atoms. The molecule has 4 nitrogen and oxygen atoms in total. The summed E-state index contributed by atoms with van der Waals surface area (Å²) in [6.45, 7) is 7.88. The fraction of sp³-hybridized carbons (Fsp3) is 0.800. The van der Waals surface area contributed by atoms with Gasteiger partial charge in [0.15, 0.2) is 0 Å². The maximum absolute atomic E-state index is 6.24. The first-order valence-corrected chi connectivity index (χ1v) is 7.52. The quantitative estimate of drug-likeness (QED) is 0.887. The molecule has 1 atom stereocenters. The number of piperidine rings is 1. The lowest BCUT2D eigenvalue weighted by atomic mass is 9.93. The van der Waals surface area contributed by atoms with Crippen molar-refractivity contribution in [3.05, 3.63) is 18.2 Å². The molecule has 0 radical (unpaired) electrons. The minimum Gasteiger partial charge on any atom is -0.333 e. The Labute approximate surface area is 117 Å². The van der Waals surface area contributed by atoms with Gasteiger partial charge in [0.05, 0.1) is 12.0 Å². The zero-order valence-electron chi connectivity index (χ0n) is 12.5. The van der Waals surface area contributed by atoms with Gasteiger partial charge in [-0.1, -0.05) is 13.8 Å². The van der Waals surface area contributed by atoms with E-state index in [-0.39, 0.29) is 6.04 Å². The summed E-state index contributed by atoms with van der Waals surface area (Å²) < 4.78 is 2.25. The predicted molar refractivity (Wildman–Crippen MR) is 78.8 cm³/mol. The van der Waals surface area contributed by atoms with Crippen LogP contribution in [0.4, 0.5) is 0 Å². The second-order valence-electron chi connectivity index (χ2n) is 6.32. The Bertz CT molecular complexity index is 377. The number of nitrogens with two attached hydrogens (primary N) is 1. The molecule has 2 N–H and O–H groups in total. The Kier molecular flexibility index (Phi) is 4.99. The smallest absolute Gasteiger partial charge is 0.0948 e. The van der Waals surface area contributed by atoms with Gasteiger partial charge in [0.1, 0.15) is 0 Å². The molecular weight excluding hydrogens is 236 g/mol. The van der Waals surface area contributed by atoms with E-state index in [2.05, 4.69) is 35.3 Å². The summed E-state index contributed by atoms with van der Waals surface area (Å²) in [5.41, 5.74) is 7.43. The van der Waals surface area contributed by atoms with Crippen LogP contribution in [0.2, 0.25) is 0 Å². The van der Waals surface area contributed by atoms with E-state index in [0.717, 1.165) is 12.5 Å². The van der Waals surface area contributed by atoms with Crippen LogP contribution in [-0.2, 0) is 6.54 Å². The highest BCUT2D eigenvalue weighted by molar-refractivity contribution is 5.05. The second-order valence-corrected chi connectivity index (χ2v) is 6.32. The molecule has 1 fully saturated rings. The molecule has 4 heteroatoms. The van der Waals surface area contributed by atoms with Crippen LogP contribution >= 0.6 is 0 Å². The molecule has 1 aliphatic rings. The van der Waals surface area contributed by atoms with Gasteiger partial charge in [0.25, 0.3) is 0 Å². The van der Waals surface area contributed by atoms with Crippen LogP contribution < -0.4 is 5.73 Å². The Morgan fingerprint density at radius 2 is 2.05 bits per heavy atom. The van der Waals surface area contributed by atoms with Gasteiger partial charge in [0.2, 0.25) is 0 Å². The number of aryl methyl sites for hydroxylation is 1. The highest BCUT2D eigenvalue weighted by atomic mass is 15.1. The molecule has 2 heterocycles. The Morgan fingerprint density at radius 1 is 1.37 bits per heavy atom. The van der Waals surface area contributed by atoms with Crippen molar-refractivity contribution in [2.24, 2.45) is 17.6 Å². The van der Waals surface area contributed by atoms with Crippen molar-refractivity contribution >= 4 is 0 Å². The van der Waals surface area contributed by atoms with Crippen molar-refractivity contribution < 1.29 is 0 Å². The van der Waals surface area contributed by atoms with Crippen molar-refractivity contribution in [1.29, 1.82) is 0 Å². The van der Waals surface area contributed by atoms with Crippen molar-refractivity contribution in [1.82, 2.24) is 14.5 Å². The van der Waals surface area contributed by atoms with E-state index in [1.165, 1.54) is 38.0 Å². The Morgan fingerprint density at radius 3 is 2.68 bits per heavy atom. The van der Waals surface area contributed by atoms with Crippen LogP contribution in [0.1, 0.15) is 44.8 Å². The SMILES string of the molecule is CC(C)C(N)c1cncn1CCC1CCN(C)CC1. The highest BCUT2D eigenvalue weighted by Crippen LogP contribution is 2.23. The van der Waals surface area contributed by atoms with Gasteiger partial charge in [0, 0.05) is 18.8 Å². The molecular formula is C15H28N4. The molecule has 1 aromatic rings. The number of hydrogen-bond acceptors (Lipinski definition) is 3. The molecule has 0 amide bonds. The number of hydrogen-bond donors (Lipinski definition) is 1. The topological polar surface area (TPSA) is 47.1 Å². The van der Waals surface area contributed by atoms with Gasteiger partial charge in [-0.05, 0) is 51.2 Å². The lowest BCUT2D eigenvalue weighted by Gasteiger charge is -2.29. The fourth-order valence-corrected chi connectivity index (χ4v) is 2.81. The first-order valence-electron chi connectivity index (χ1n) is 7.52. The van der Waals surface area contributed by atoms with E-state index in [9.17, 15) is 0 Å². The minimum absolute atomic E-state index is 0.0972. The summed E-state index contributed by atoms with van der Waals surface area (Å²) in [7, 11) is 2.21. The summed E-state index contributed by atoms with van der Waals surface area (Å²) >= 11 is 0. The summed E-state index contributed by atoms with van der Waals surface area (Å²) in [5.74, 6) is 1.32. The van der Waals surface area contributed by atoms with E-state index in [1.54, 1.807) is 0 Å². The molecule has 1 aliphatic heterocycles. The molecule has 0 bridgehead atoms. The van der Waals surface area contributed by atoms with Gasteiger partial charge in [-0.2, -0.15) is 0 Å². The van der Waals surface area contributed by atoms with Crippen molar-refractivity contribution in [2.45, 2.75) is 45.7 Å². The van der Waals surface area contributed by atoms with Crippen LogP contribution in [0.5, 0.6) is 0 Å². The van der Waals surface area contributed by atoms with Crippen LogP contribution in [0.3, 0.4) is 0 Å². The lowest BCUT2D eigenvalue weighted by molar-refractivity contribution is 0.207.